The lowest BCUT2D eigenvalue weighted by atomic mass is 10.0. The van der Waals surface area contributed by atoms with E-state index in [9.17, 15) is 9.18 Å². The molecule has 0 saturated carbocycles. The highest BCUT2D eigenvalue weighted by atomic mass is 19.1. The van der Waals surface area contributed by atoms with Crippen LogP contribution in [0, 0.1) is 24.1 Å². The van der Waals surface area contributed by atoms with Crippen LogP contribution in [0.4, 0.5) is 10.1 Å². The Labute approximate surface area is 135 Å². The van der Waals surface area contributed by atoms with Crippen LogP contribution in [-0.4, -0.2) is 23.5 Å². The summed E-state index contributed by atoms with van der Waals surface area (Å²) in [7, 11) is 0. The number of aryl methyl sites for hydroxylation is 1. The topological polar surface area (TPSA) is 65.8 Å². The lowest BCUT2D eigenvalue weighted by Crippen LogP contribution is -2.19. The summed E-state index contributed by atoms with van der Waals surface area (Å²) < 4.78 is 13.3. The van der Waals surface area contributed by atoms with Gasteiger partial charge in [0.1, 0.15) is 11.5 Å². The number of rotatable bonds is 6. The Morgan fingerprint density at radius 2 is 2.13 bits per heavy atom. The SMILES string of the molecule is Cc1cc(F)ccc1-c1cnc(C=N)c(NCC(=O)C(C)C)c1. The average Bonchev–Trinajstić information content (AvgIpc) is 2.52. The van der Waals surface area contributed by atoms with E-state index in [1.54, 1.807) is 12.3 Å². The molecule has 1 aromatic carbocycles. The van der Waals surface area contributed by atoms with Crippen molar-refractivity contribution in [2.24, 2.45) is 5.92 Å². The molecule has 1 aromatic heterocycles. The maximum absolute atomic E-state index is 13.3. The molecule has 1 heterocycles. The number of pyridine rings is 1. The minimum absolute atomic E-state index is 0.0542. The zero-order chi connectivity index (χ0) is 17.0. The molecule has 5 heteroatoms. The zero-order valence-corrected chi connectivity index (χ0v) is 13.5. The average molecular weight is 313 g/mol. The van der Waals surface area contributed by atoms with E-state index in [2.05, 4.69) is 10.3 Å². The zero-order valence-electron chi connectivity index (χ0n) is 13.5. The number of nitrogens with one attached hydrogen (secondary N) is 2. The van der Waals surface area contributed by atoms with E-state index < -0.39 is 0 Å². The first kappa shape index (κ1) is 16.8. The smallest absolute Gasteiger partial charge is 0.154 e. The molecule has 0 atom stereocenters. The molecular formula is C18H20FN3O. The van der Waals surface area contributed by atoms with E-state index >= 15 is 0 Å². The summed E-state index contributed by atoms with van der Waals surface area (Å²) in [6, 6.07) is 6.41. The number of hydrogen-bond acceptors (Lipinski definition) is 4. The molecule has 4 nitrogen and oxygen atoms in total. The number of carbonyl (C=O) groups is 1. The number of carbonyl (C=O) groups excluding carboxylic acids is 1. The van der Waals surface area contributed by atoms with Crippen molar-refractivity contribution in [1.82, 2.24) is 4.98 Å². The van der Waals surface area contributed by atoms with Gasteiger partial charge in [0.05, 0.1) is 12.2 Å². The van der Waals surface area contributed by atoms with Gasteiger partial charge in [-0.1, -0.05) is 19.9 Å². The normalized spacial score (nSPS) is 10.7. The molecule has 120 valence electrons. The summed E-state index contributed by atoms with van der Waals surface area (Å²) >= 11 is 0. The van der Waals surface area contributed by atoms with Crippen molar-refractivity contribution in [3.63, 3.8) is 0 Å². The van der Waals surface area contributed by atoms with Crippen LogP contribution in [0.25, 0.3) is 11.1 Å². The van der Waals surface area contributed by atoms with E-state index in [1.165, 1.54) is 12.1 Å². The number of benzene rings is 1. The maximum Gasteiger partial charge on any atom is 0.154 e. The molecule has 2 rings (SSSR count). The van der Waals surface area contributed by atoms with Crippen molar-refractivity contribution in [2.45, 2.75) is 20.8 Å². The van der Waals surface area contributed by atoms with Gasteiger partial charge in [-0.3, -0.25) is 9.78 Å². The minimum atomic E-state index is -0.281. The van der Waals surface area contributed by atoms with Gasteiger partial charge in [0.2, 0.25) is 0 Å². The van der Waals surface area contributed by atoms with Gasteiger partial charge in [-0.15, -0.1) is 0 Å². The first-order valence-corrected chi connectivity index (χ1v) is 7.46. The number of nitrogens with zero attached hydrogens (tertiary/aromatic N) is 1. The molecule has 0 aliphatic heterocycles. The Bertz CT molecular complexity index is 741. The number of ketones is 1. The number of hydrogen-bond donors (Lipinski definition) is 2. The van der Waals surface area contributed by atoms with Gasteiger partial charge in [0.25, 0.3) is 0 Å². The van der Waals surface area contributed by atoms with Crippen LogP contribution in [0.15, 0.2) is 30.5 Å². The molecule has 0 fully saturated rings. The predicted octanol–water partition coefficient (Wildman–Crippen LogP) is 3.83. The largest absolute Gasteiger partial charge is 0.376 e. The fourth-order valence-electron chi connectivity index (χ4n) is 2.22. The quantitative estimate of drug-likeness (QED) is 0.797. The Morgan fingerprint density at radius 3 is 2.74 bits per heavy atom. The van der Waals surface area contributed by atoms with Crippen molar-refractivity contribution in [3.8, 4) is 11.1 Å². The van der Waals surface area contributed by atoms with Crippen molar-refractivity contribution in [3.05, 3.63) is 47.5 Å². The third kappa shape index (κ3) is 4.00. The molecule has 0 aliphatic rings. The van der Waals surface area contributed by atoms with Gasteiger partial charge in [-0.25, -0.2) is 4.39 Å². The lowest BCUT2D eigenvalue weighted by Gasteiger charge is -2.12. The van der Waals surface area contributed by atoms with Crippen LogP contribution in [0.2, 0.25) is 0 Å². The van der Waals surface area contributed by atoms with Gasteiger partial charge >= 0.3 is 0 Å². The summed E-state index contributed by atoms with van der Waals surface area (Å²) in [6.07, 6.45) is 2.79. The number of halogens is 1. The monoisotopic (exact) mass is 313 g/mol. The number of Topliss-reactive ketones (excluding diaryl/α,β-unsaturated/α-hetero) is 1. The molecule has 2 aromatic rings. The number of anilines is 1. The Hall–Kier alpha value is -2.56. The van der Waals surface area contributed by atoms with E-state index in [0.717, 1.165) is 22.9 Å². The van der Waals surface area contributed by atoms with E-state index in [1.807, 2.05) is 26.8 Å². The molecule has 23 heavy (non-hydrogen) atoms. The molecular weight excluding hydrogens is 293 g/mol. The predicted molar refractivity (Wildman–Crippen MR) is 90.6 cm³/mol. The second-order valence-corrected chi connectivity index (χ2v) is 5.73. The lowest BCUT2D eigenvalue weighted by molar-refractivity contribution is -0.120. The summed E-state index contributed by atoms with van der Waals surface area (Å²) in [5.41, 5.74) is 3.57. The van der Waals surface area contributed by atoms with Crippen molar-refractivity contribution in [1.29, 1.82) is 5.41 Å². The van der Waals surface area contributed by atoms with Gasteiger partial charge in [-0.2, -0.15) is 0 Å². The Balaban J connectivity index is 2.34. The van der Waals surface area contributed by atoms with E-state index in [4.69, 9.17) is 5.41 Å². The number of aromatic nitrogens is 1. The van der Waals surface area contributed by atoms with Crippen LogP contribution in [0.1, 0.15) is 25.1 Å². The highest BCUT2D eigenvalue weighted by Gasteiger charge is 2.11. The fraction of sp³-hybridized carbons (Fsp3) is 0.278. The van der Waals surface area contributed by atoms with Crippen LogP contribution in [0.5, 0.6) is 0 Å². The summed E-state index contributed by atoms with van der Waals surface area (Å²) in [6.45, 7) is 5.71. The van der Waals surface area contributed by atoms with E-state index in [-0.39, 0.29) is 24.1 Å². The summed E-state index contributed by atoms with van der Waals surface area (Å²) in [4.78, 5) is 16.0. The van der Waals surface area contributed by atoms with Crippen molar-refractivity contribution < 1.29 is 9.18 Å². The van der Waals surface area contributed by atoms with Gasteiger partial charge in [0, 0.05) is 23.9 Å². The molecule has 0 aliphatic carbocycles. The van der Waals surface area contributed by atoms with Crippen LogP contribution in [0.3, 0.4) is 0 Å². The highest BCUT2D eigenvalue weighted by molar-refractivity contribution is 5.89. The molecule has 0 radical (unpaired) electrons. The summed E-state index contributed by atoms with van der Waals surface area (Å²) in [5, 5.41) is 10.5. The second-order valence-electron chi connectivity index (χ2n) is 5.73. The molecule has 0 amide bonds. The third-order valence-electron chi connectivity index (χ3n) is 3.65. The third-order valence-corrected chi connectivity index (χ3v) is 3.65. The van der Waals surface area contributed by atoms with Crippen LogP contribution >= 0.6 is 0 Å². The first-order valence-electron chi connectivity index (χ1n) is 7.46. The first-order chi connectivity index (χ1) is 10.9. The van der Waals surface area contributed by atoms with Gasteiger partial charge in [0.15, 0.2) is 5.78 Å². The van der Waals surface area contributed by atoms with Gasteiger partial charge < -0.3 is 10.7 Å². The van der Waals surface area contributed by atoms with Crippen LogP contribution < -0.4 is 5.32 Å². The molecule has 0 saturated heterocycles. The summed E-state index contributed by atoms with van der Waals surface area (Å²) in [5.74, 6) is -0.248. The minimum Gasteiger partial charge on any atom is -0.376 e. The highest BCUT2D eigenvalue weighted by Crippen LogP contribution is 2.26. The van der Waals surface area contributed by atoms with Crippen molar-refractivity contribution in [2.75, 3.05) is 11.9 Å². The van der Waals surface area contributed by atoms with E-state index in [0.29, 0.717) is 11.4 Å². The maximum atomic E-state index is 13.3. The van der Waals surface area contributed by atoms with Crippen molar-refractivity contribution >= 4 is 17.7 Å². The Kier molecular flexibility index (Phi) is 5.21. The second kappa shape index (κ2) is 7.13. The molecule has 0 spiro atoms. The van der Waals surface area contributed by atoms with Gasteiger partial charge in [-0.05, 0) is 36.2 Å². The fourth-order valence-corrected chi connectivity index (χ4v) is 2.22. The molecule has 0 bridgehead atoms. The Morgan fingerprint density at radius 1 is 1.39 bits per heavy atom. The van der Waals surface area contributed by atoms with Crippen LogP contribution in [-0.2, 0) is 4.79 Å². The standard InChI is InChI=1S/C18H20FN3O/c1-11(2)18(23)10-22-16-7-13(9-21-17(16)8-20)15-5-4-14(19)6-12(15)3/h4-9,11,20,22H,10H2,1-3H3. The molecule has 0 unspecified atom stereocenters. The molecule has 2 N–H and O–H groups in total.